The number of nitrogens with one attached hydrogen (secondary N) is 2. The van der Waals surface area contributed by atoms with Crippen molar-refractivity contribution >= 4 is 11.6 Å². The number of anilines is 2. The van der Waals surface area contributed by atoms with E-state index in [-0.39, 0.29) is 0 Å². The predicted molar refractivity (Wildman–Crippen MR) is 89.6 cm³/mol. The summed E-state index contributed by atoms with van der Waals surface area (Å²) in [7, 11) is 0. The van der Waals surface area contributed by atoms with Gasteiger partial charge in [-0.1, -0.05) is 44.2 Å². The zero-order valence-electron chi connectivity index (χ0n) is 13.2. The molecule has 0 aliphatic rings. The highest BCUT2D eigenvalue weighted by Gasteiger charge is 2.08. The topological polar surface area (TPSA) is 49.8 Å². The number of hydrogen-bond acceptors (Lipinski definition) is 4. The van der Waals surface area contributed by atoms with Gasteiger partial charge in [0.15, 0.2) is 5.82 Å². The molecule has 4 nitrogen and oxygen atoms in total. The number of aromatic nitrogens is 2. The molecular weight excluding hydrogens is 260 g/mol. The van der Waals surface area contributed by atoms with Gasteiger partial charge in [0.1, 0.15) is 11.6 Å². The van der Waals surface area contributed by atoms with Gasteiger partial charge in [0.05, 0.1) is 0 Å². The molecule has 0 saturated heterocycles. The van der Waals surface area contributed by atoms with Gasteiger partial charge in [0.2, 0.25) is 0 Å². The van der Waals surface area contributed by atoms with Gasteiger partial charge in [0.25, 0.3) is 0 Å². The van der Waals surface area contributed by atoms with Crippen molar-refractivity contribution in [2.45, 2.75) is 33.7 Å². The molecule has 0 fully saturated rings. The lowest BCUT2D eigenvalue weighted by Crippen LogP contribution is -2.14. The highest BCUT2D eigenvalue weighted by molar-refractivity contribution is 5.61. The molecule has 0 unspecified atom stereocenters. The molecule has 0 bridgehead atoms. The molecule has 2 rings (SSSR count). The summed E-state index contributed by atoms with van der Waals surface area (Å²) in [5, 5.41) is 6.73. The van der Waals surface area contributed by atoms with Crippen LogP contribution >= 0.6 is 0 Å². The molecule has 1 heterocycles. The summed E-state index contributed by atoms with van der Waals surface area (Å²) in [6.45, 7) is 9.46. The van der Waals surface area contributed by atoms with E-state index < -0.39 is 0 Å². The van der Waals surface area contributed by atoms with E-state index in [1.807, 2.05) is 36.4 Å². The van der Waals surface area contributed by atoms with Crippen LogP contribution < -0.4 is 10.6 Å². The van der Waals surface area contributed by atoms with Gasteiger partial charge in [-0.05, 0) is 19.8 Å². The van der Waals surface area contributed by atoms with Crippen molar-refractivity contribution in [3.05, 3.63) is 36.4 Å². The summed E-state index contributed by atoms with van der Waals surface area (Å²) in [5.41, 5.74) is 1.03. The Bertz CT molecular complexity index is 564. The second-order valence-corrected chi connectivity index (χ2v) is 5.90. The fourth-order valence-electron chi connectivity index (χ4n) is 1.93. The third-order valence-corrected chi connectivity index (χ3v) is 2.89. The summed E-state index contributed by atoms with van der Waals surface area (Å²) in [5.74, 6) is 3.03. The number of benzene rings is 1. The minimum atomic E-state index is 0.335. The lowest BCUT2D eigenvalue weighted by Gasteiger charge is -2.14. The average molecular weight is 284 g/mol. The molecule has 0 radical (unpaired) electrons. The molecule has 112 valence electrons. The van der Waals surface area contributed by atoms with E-state index in [2.05, 4.69) is 48.3 Å². The van der Waals surface area contributed by atoms with Crippen LogP contribution in [0.2, 0.25) is 0 Å². The minimum Gasteiger partial charge on any atom is -0.370 e. The van der Waals surface area contributed by atoms with Crippen molar-refractivity contribution < 1.29 is 0 Å². The van der Waals surface area contributed by atoms with E-state index in [4.69, 9.17) is 0 Å². The van der Waals surface area contributed by atoms with Crippen LogP contribution in [0.1, 0.15) is 27.7 Å². The normalized spacial score (nSPS) is 11.0. The molecule has 21 heavy (non-hydrogen) atoms. The van der Waals surface area contributed by atoms with E-state index in [9.17, 15) is 0 Å². The summed E-state index contributed by atoms with van der Waals surface area (Å²) in [6, 6.07) is 12.4. The van der Waals surface area contributed by atoms with E-state index in [0.29, 0.717) is 12.0 Å². The van der Waals surface area contributed by atoms with Crippen LogP contribution in [0, 0.1) is 5.92 Å². The first kappa shape index (κ1) is 15.3. The van der Waals surface area contributed by atoms with Crippen LogP contribution in [-0.4, -0.2) is 22.6 Å². The maximum atomic E-state index is 4.62. The zero-order chi connectivity index (χ0) is 15.2. The highest BCUT2D eigenvalue weighted by Crippen LogP contribution is 2.20. The van der Waals surface area contributed by atoms with Crippen molar-refractivity contribution in [2.24, 2.45) is 5.92 Å². The molecule has 4 heteroatoms. The Kier molecular flexibility index (Phi) is 5.14. The second-order valence-electron chi connectivity index (χ2n) is 5.90. The maximum absolute atomic E-state index is 4.62. The van der Waals surface area contributed by atoms with Crippen LogP contribution in [0.3, 0.4) is 0 Å². The molecule has 0 aliphatic carbocycles. The molecule has 0 aliphatic heterocycles. The third-order valence-electron chi connectivity index (χ3n) is 2.89. The molecule has 0 spiro atoms. The molecular formula is C17H24N4. The van der Waals surface area contributed by atoms with E-state index in [1.165, 1.54) is 0 Å². The summed E-state index contributed by atoms with van der Waals surface area (Å²) in [4.78, 5) is 9.23. The van der Waals surface area contributed by atoms with E-state index >= 15 is 0 Å². The van der Waals surface area contributed by atoms with Crippen LogP contribution in [0.4, 0.5) is 11.6 Å². The smallest absolute Gasteiger partial charge is 0.163 e. The number of rotatable bonds is 6. The number of hydrogen-bond donors (Lipinski definition) is 2. The third kappa shape index (κ3) is 4.74. The summed E-state index contributed by atoms with van der Waals surface area (Å²) in [6.07, 6.45) is 0. The van der Waals surface area contributed by atoms with Crippen molar-refractivity contribution in [3.63, 3.8) is 0 Å². The Morgan fingerprint density at radius 2 is 1.62 bits per heavy atom. The van der Waals surface area contributed by atoms with Crippen LogP contribution in [0.5, 0.6) is 0 Å². The van der Waals surface area contributed by atoms with Crippen molar-refractivity contribution in [3.8, 4) is 11.4 Å². The first-order valence-corrected chi connectivity index (χ1v) is 7.49. The molecule has 1 aromatic heterocycles. The Morgan fingerprint density at radius 3 is 2.24 bits per heavy atom. The van der Waals surface area contributed by atoms with Crippen LogP contribution in [-0.2, 0) is 0 Å². The largest absolute Gasteiger partial charge is 0.370 e. The molecule has 2 aromatic rings. The average Bonchev–Trinajstić information content (AvgIpc) is 2.45. The molecule has 0 amide bonds. The van der Waals surface area contributed by atoms with Gasteiger partial charge in [-0.2, -0.15) is 0 Å². The maximum Gasteiger partial charge on any atom is 0.163 e. The first-order valence-electron chi connectivity index (χ1n) is 7.49. The first-order chi connectivity index (χ1) is 10.0. The fraction of sp³-hybridized carbons (Fsp3) is 0.412. The van der Waals surface area contributed by atoms with E-state index in [1.54, 1.807) is 0 Å². The van der Waals surface area contributed by atoms with Gasteiger partial charge in [-0.3, -0.25) is 0 Å². The summed E-state index contributed by atoms with van der Waals surface area (Å²) < 4.78 is 0. The van der Waals surface area contributed by atoms with Gasteiger partial charge in [-0.15, -0.1) is 0 Å². The van der Waals surface area contributed by atoms with Crippen LogP contribution in [0.15, 0.2) is 36.4 Å². The quantitative estimate of drug-likeness (QED) is 0.840. The van der Waals surface area contributed by atoms with Gasteiger partial charge in [0, 0.05) is 24.2 Å². The lowest BCUT2D eigenvalue weighted by atomic mass is 10.2. The van der Waals surface area contributed by atoms with Crippen molar-refractivity contribution in [1.82, 2.24) is 9.97 Å². The lowest BCUT2D eigenvalue weighted by molar-refractivity contribution is 0.687. The monoisotopic (exact) mass is 284 g/mol. The van der Waals surface area contributed by atoms with Gasteiger partial charge < -0.3 is 10.6 Å². The predicted octanol–water partition coefficient (Wildman–Crippen LogP) is 4.03. The van der Waals surface area contributed by atoms with Crippen molar-refractivity contribution in [2.75, 3.05) is 17.2 Å². The minimum absolute atomic E-state index is 0.335. The number of nitrogens with zero attached hydrogens (tertiary/aromatic N) is 2. The zero-order valence-corrected chi connectivity index (χ0v) is 13.2. The second kappa shape index (κ2) is 7.07. The van der Waals surface area contributed by atoms with Crippen LogP contribution in [0.25, 0.3) is 11.4 Å². The summed E-state index contributed by atoms with van der Waals surface area (Å²) >= 11 is 0. The van der Waals surface area contributed by atoms with Gasteiger partial charge in [-0.25, -0.2) is 9.97 Å². The van der Waals surface area contributed by atoms with E-state index in [0.717, 1.165) is 29.6 Å². The molecule has 0 atom stereocenters. The molecule has 0 saturated carbocycles. The Morgan fingerprint density at radius 1 is 0.952 bits per heavy atom. The standard InChI is InChI=1S/C17H24N4/c1-12(2)11-18-15-10-16(19-13(3)4)21-17(20-15)14-8-6-5-7-9-14/h5-10,12-13H,11H2,1-4H3,(H2,18,19,20,21). The SMILES string of the molecule is CC(C)CNc1cc(NC(C)C)nc(-c2ccccc2)n1. The Hall–Kier alpha value is -2.10. The Balaban J connectivity index is 2.32. The Labute approximate surface area is 127 Å². The van der Waals surface area contributed by atoms with Crippen molar-refractivity contribution in [1.29, 1.82) is 0 Å². The molecule has 1 aromatic carbocycles. The molecule has 2 N–H and O–H groups in total. The fourth-order valence-corrected chi connectivity index (χ4v) is 1.93. The van der Waals surface area contributed by atoms with Gasteiger partial charge >= 0.3 is 0 Å². The highest BCUT2D eigenvalue weighted by atomic mass is 15.1.